The van der Waals surface area contributed by atoms with Crippen LogP contribution in [0, 0.1) is 20.8 Å². The molecule has 6 nitrogen and oxygen atoms in total. The van der Waals surface area contributed by atoms with E-state index >= 15 is 0 Å². The molecule has 3 heterocycles. The summed E-state index contributed by atoms with van der Waals surface area (Å²) >= 11 is 0. The molecule has 0 saturated carbocycles. The number of aromatic amines is 1. The zero-order valence-corrected chi connectivity index (χ0v) is 13.2. The summed E-state index contributed by atoms with van der Waals surface area (Å²) in [7, 11) is 2.03. The van der Waals surface area contributed by atoms with E-state index in [1.807, 2.05) is 20.9 Å². The lowest BCUT2D eigenvalue weighted by molar-refractivity contribution is 0.439. The maximum absolute atomic E-state index is 5.67. The maximum Gasteiger partial charge on any atom is 0.245 e. The molecule has 0 unspecified atom stereocenters. The van der Waals surface area contributed by atoms with Crippen molar-refractivity contribution in [3.05, 3.63) is 17.1 Å². The van der Waals surface area contributed by atoms with Gasteiger partial charge in [0.2, 0.25) is 5.95 Å². The Balaban J connectivity index is 1.81. The van der Waals surface area contributed by atoms with E-state index in [-0.39, 0.29) is 0 Å². The number of hydrogen-bond donors (Lipinski definition) is 2. The van der Waals surface area contributed by atoms with Crippen molar-refractivity contribution in [3.8, 4) is 11.4 Å². The summed E-state index contributed by atoms with van der Waals surface area (Å²) in [6, 6.07) is 0.612. The standard InChI is InChI=1S/C15H23N5O/c1-9-10(2)21-11(3)13(9)14-17-15(19-18-14)20-7-5-12(16-4)6-8-20/h12,16H,5-8H2,1-4H3,(H,17,18,19). The second-order valence-corrected chi connectivity index (χ2v) is 5.75. The fourth-order valence-corrected chi connectivity index (χ4v) is 3.02. The van der Waals surface area contributed by atoms with E-state index in [4.69, 9.17) is 4.42 Å². The molecular formula is C15H23N5O. The van der Waals surface area contributed by atoms with Gasteiger partial charge in [-0.05, 0) is 40.7 Å². The molecule has 114 valence electrons. The van der Waals surface area contributed by atoms with Crippen molar-refractivity contribution in [3.63, 3.8) is 0 Å². The molecule has 2 N–H and O–H groups in total. The van der Waals surface area contributed by atoms with Gasteiger partial charge in [-0.15, -0.1) is 5.10 Å². The topological polar surface area (TPSA) is 70.0 Å². The highest BCUT2D eigenvalue weighted by molar-refractivity contribution is 5.64. The molecule has 1 aliphatic rings. The van der Waals surface area contributed by atoms with Crippen LogP contribution in [0.5, 0.6) is 0 Å². The van der Waals surface area contributed by atoms with E-state index in [2.05, 4.69) is 32.3 Å². The number of nitrogens with one attached hydrogen (secondary N) is 2. The van der Waals surface area contributed by atoms with Crippen LogP contribution in [0.4, 0.5) is 5.95 Å². The highest BCUT2D eigenvalue weighted by atomic mass is 16.3. The summed E-state index contributed by atoms with van der Waals surface area (Å²) in [5.74, 6) is 3.42. The van der Waals surface area contributed by atoms with Gasteiger partial charge < -0.3 is 14.6 Å². The minimum Gasteiger partial charge on any atom is -0.466 e. The van der Waals surface area contributed by atoms with Gasteiger partial charge in [0.05, 0.1) is 5.56 Å². The van der Waals surface area contributed by atoms with Crippen LogP contribution < -0.4 is 10.2 Å². The first kappa shape index (κ1) is 14.1. The van der Waals surface area contributed by atoms with Crippen molar-refractivity contribution >= 4 is 5.95 Å². The molecule has 2 aromatic heterocycles. The van der Waals surface area contributed by atoms with Gasteiger partial charge in [-0.25, -0.2) is 0 Å². The van der Waals surface area contributed by atoms with Crippen LogP contribution in [0.2, 0.25) is 0 Å². The Morgan fingerprint density at radius 1 is 1.19 bits per heavy atom. The zero-order chi connectivity index (χ0) is 15.0. The third kappa shape index (κ3) is 2.55. The number of H-pyrrole nitrogens is 1. The van der Waals surface area contributed by atoms with E-state index in [0.717, 1.165) is 60.4 Å². The lowest BCUT2D eigenvalue weighted by atomic mass is 10.1. The molecule has 0 aliphatic carbocycles. The highest BCUT2D eigenvalue weighted by Crippen LogP contribution is 2.30. The molecular weight excluding hydrogens is 266 g/mol. The molecule has 1 aliphatic heterocycles. The second-order valence-electron chi connectivity index (χ2n) is 5.75. The molecule has 1 fully saturated rings. The fourth-order valence-electron chi connectivity index (χ4n) is 3.02. The van der Waals surface area contributed by atoms with Crippen LogP contribution in [-0.2, 0) is 0 Å². The molecule has 3 rings (SSSR count). The smallest absolute Gasteiger partial charge is 0.245 e. The number of furan rings is 1. The molecule has 0 bridgehead atoms. The lowest BCUT2D eigenvalue weighted by Crippen LogP contribution is -2.41. The molecule has 0 spiro atoms. The number of aromatic nitrogens is 3. The van der Waals surface area contributed by atoms with Crippen LogP contribution in [-0.4, -0.2) is 41.4 Å². The number of aryl methyl sites for hydroxylation is 2. The minimum absolute atomic E-state index is 0.612. The summed E-state index contributed by atoms with van der Waals surface area (Å²) in [5, 5.41) is 10.8. The Morgan fingerprint density at radius 3 is 2.48 bits per heavy atom. The maximum atomic E-state index is 5.67. The monoisotopic (exact) mass is 289 g/mol. The van der Waals surface area contributed by atoms with E-state index in [1.165, 1.54) is 0 Å². The Morgan fingerprint density at radius 2 is 1.90 bits per heavy atom. The van der Waals surface area contributed by atoms with Gasteiger partial charge in [-0.3, -0.25) is 5.10 Å². The van der Waals surface area contributed by atoms with Crippen molar-refractivity contribution in [2.24, 2.45) is 0 Å². The minimum atomic E-state index is 0.612. The summed E-state index contributed by atoms with van der Waals surface area (Å²) < 4.78 is 5.67. The van der Waals surface area contributed by atoms with E-state index < -0.39 is 0 Å². The molecule has 21 heavy (non-hydrogen) atoms. The largest absolute Gasteiger partial charge is 0.466 e. The van der Waals surface area contributed by atoms with Crippen LogP contribution in [0.15, 0.2) is 4.42 Å². The number of hydrogen-bond acceptors (Lipinski definition) is 5. The zero-order valence-electron chi connectivity index (χ0n) is 13.2. The van der Waals surface area contributed by atoms with Gasteiger partial charge in [0.25, 0.3) is 0 Å². The van der Waals surface area contributed by atoms with Crippen LogP contribution in [0.1, 0.15) is 29.9 Å². The summed E-state index contributed by atoms with van der Waals surface area (Å²) in [6.07, 6.45) is 2.26. The first-order chi connectivity index (χ1) is 10.1. The Bertz CT molecular complexity index is 622. The summed E-state index contributed by atoms with van der Waals surface area (Å²) in [4.78, 5) is 6.91. The SMILES string of the molecule is CNC1CCN(c2n[nH]c(-c3c(C)oc(C)c3C)n2)CC1. The third-order valence-electron chi connectivity index (χ3n) is 4.46. The number of anilines is 1. The highest BCUT2D eigenvalue weighted by Gasteiger charge is 2.22. The van der Waals surface area contributed by atoms with Gasteiger partial charge in [0, 0.05) is 24.7 Å². The van der Waals surface area contributed by atoms with Crippen molar-refractivity contribution < 1.29 is 4.42 Å². The summed E-state index contributed by atoms with van der Waals surface area (Å²) in [5.41, 5.74) is 2.17. The third-order valence-corrected chi connectivity index (χ3v) is 4.46. The quantitative estimate of drug-likeness (QED) is 0.906. The van der Waals surface area contributed by atoms with Gasteiger partial charge in [0.1, 0.15) is 11.5 Å². The molecule has 0 atom stereocenters. The van der Waals surface area contributed by atoms with E-state index in [0.29, 0.717) is 6.04 Å². The number of piperidine rings is 1. The Labute approximate surface area is 124 Å². The van der Waals surface area contributed by atoms with Gasteiger partial charge in [-0.1, -0.05) is 0 Å². The van der Waals surface area contributed by atoms with Crippen molar-refractivity contribution in [1.82, 2.24) is 20.5 Å². The van der Waals surface area contributed by atoms with Crippen molar-refractivity contribution in [2.75, 3.05) is 25.0 Å². The van der Waals surface area contributed by atoms with Crippen LogP contribution in [0.3, 0.4) is 0 Å². The number of rotatable bonds is 3. The average Bonchev–Trinajstić information content (AvgIpc) is 3.05. The first-order valence-electron chi connectivity index (χ1n) is 7.51. The molecule has 0 amide bonds. The molecule has 0 radical (unpaired) electrons. The molecule has 0 aromatic carbocycles. The van der Waals surface area contributed by atoms with E-state index in [1.54, 1.807) is 0 Å². The van der Waals surface area contributed by atoms with Gasteiger partial charge in [-0.2, -0.15) is 4.98 Å². The predicted octanol–water partition coefficient (Wildman–Crippen LogP) is 2.18. The first-order valence-corrected chi connectivity index (χ1v) is 7.51. The van der Waals surface area contributed by atoms with Crippen molar-refractivity contribution in [2.45, 2.75) is 39.7 Å². The summed E-state index contributed by atoms with van der Waals surface area (Å²) in [6.45, 7) is 7.99. The lowest BCUT2D eigenvalue weighted by Gasteiger charge is -2.30. The fraction of sp³-hybridized carbons (Fsp3) is 0.600. The van der Waals surface area contributed by atoms with Crippen LogP contribution in [0.25, 0.3) is 11.4 Å². The average molecular weight is 289 g/mol. The van der Waals surface area contributed by atoms with E-state index in [9.17, 15) is 0 Å². The second kappa shape index (κ2) is 5.52. The molecule has 2 aromatic rings. The Kier molecular flexibility index (Phi) is 3.71. The van der Waals surface area contributed by atoms with Gasteiger partial charge in [0.15, 0.2) is 5.82 Å². The molecule has 6 heteroatoms. The normalized spacial score (nSPS) is 16.7. The predicted molar refractivity (Wildman–Crippen MR) is 82.6 cm³/mol. The van der Waals surface area contributed by atoms with Crippen LogP contribution >= 0.6 is 0 Å². The van der Waals surface area contributed by atoms with Gasteiger partial charge >= 0.3 is 0 Å². The van der Waals surface area contributed by atoms with Crippen molar-refractivity contribution in [1.29, 1.82) is 0 Å². The Hall–Kier alpha value is -1.82. The molecule has 1 saturated heterocycles. The number of nitrogens with zero attached hydrogens (tertiary/aromatic N) is 3.